The minimum absolute atomic E-state index is 0.108. The zero-order valence-corrected chi connectivity index (χ0v) is 18.4. The van der Waals surface area contributed by atoms with Crippen LogP contribution in [0, 0.1) is 0 Å². The molecule has 5 nitrogen and oxygen atoms in total. The Balaban J connectivity index is 1.78. The third-order valence-electron chi connectivity index (χ3n) is 5.63. The fourth-order valence-corrected chi connectivity index (χ4v) is 4.35. The average molecular weight is 442 g/mol. The first kappa shape index (κ1) is 21.0. The van der Waals surface area contributed by atoms with Crippen LogP contribution in [0.25, 0.3) is 10.9 Å². The van der Waals surface area contributed by atoms with E-state index in [2.05, 4.69) is 11.0 Å². The highest BCUT2D eigenvalue weighted by Crippen LogP contribution is 2.21. The van der Waals surface area contributed by atoms with Gasteiger partial charge in [-0.15, -0.1) is 0 Å². The van der Waals surface area contributed by atoms with Gasteiger partial charge in [-0.25, -0.2) is 0 Å². The zero-order valence-electron chi connectivity index (χ0n) is 16.9. The predicted molar refractivity (Wildman–Crippen MR) is 125 cm³/mol. The van der Waals surface area contributed by atoms with E-state index in [1.807, 2.05) is 48.0 Å². The molecule has 3 aromatic rings. The highest BCUT2D eigenvalue weighted by molar-refractivity contribution is 7.80. The molecule has 0 unspecified atom stereocenters. The monoisotopic (exact) mass is 441 g/mol. The summed E-state index contributed by atoms with van der Waals surface area (Å²) in [5, 5.41) is 1.32. The third-order valence-corrected chi connectivity index (χ3v) is 6.08. The van der Waals surface area contributed by atoms with Crippen LogP contribution in [0.2, 0.25) is 5.02 Å². The Morgan fingerprint density at radius 3 is 2.47 bits per heavy atom. The van der Waals surface area contributed by atoms with E-state index in [9.17, 15) is 4.79 Å². The first-order chi connectivity index (χ1) is 14.4. The molecule has 1 aliphatic heterocycles. The standard InChI is InChI=1S/C23H24ClN3O2S/c1-26-19-7-4-16(14-27-8-10-29-11-9-27)12-18(19)22(28)21(23(25)30)20(26)13-15-2-5-17(24)6-3-15/h2-7,12H,8-11,13-14H2,1H3,(H2,25,30). The van der Waals surface area contributed by atoms with Gasteiger partial charge in [0.2, 0.25) is 0 Å². The summed E-state index contributed by atoms with van der Waals surface area (Å²) in [5.74, 6) is 0. The maximum Gasteiger partial charge on any atom is 0.199 e. The Morgan fingerprint density at radius 2 is 1.80 bits per heavy atom. The number of halogens is 1. The van der Waals surface area contributed by atoms with Gasteiger partial charge in [0, 0.05) is 49.2 Å². The summed E-state index contributed by atoms with van der Waals surface area (Å²) in [4.78, 5) is 15.9. The second kappa shape index (κ2) is 8.86. The van der Waals surface area contributed by atoms with Gasteiger partial charge in [0.25, 0.3) is 0 Å². The number of benzene rings is 2. The van der Waals surface area contributed by atoms with Gasteiger partial charge >= 0.3 is 0 Å². The lowest BCUT2D eigenvalue weighted by Gasteiger charge is -2.26. The van der Waals surface area contributed by atoms with Crippen LogP contribution in [0.1, 0.15) is 22.4 Å². The molecule has 0 amide bonds. The molecular weight excluding hydrogens is 418 g/mol. The van der Waals surface area contributed by atoms with Crippen LogP contribution in [0.4, 0.5) is 0 Å². The van der Waals surface area contributed by atoms with E-state index < -0.39 is 0 Å². The third kappa shape index (κ3) is 4.27. The maximum atomic E-state index is 13.4. The lowest BCUT2D eigenvalue weighted by Crippen LogP contribution is -2.35. The Kier molecular flexibility index (Phi) is 6.20. The molecule has 2 heterocycles. The van der Waals surface area contributed by atoms with Gasteiger partial charge in [-0.2, -0.15) is 0 Å². The fourth-order valence-electron chi connectivity index (χ4n) is 4.01. The van der Waals surface area contributed by atoms with Crippen molar-refractivity contribution in [2.24, 2.45) is 12.8 Å². The highest BCUT2D eigenvalue weighted by atomic mass is 35.5. The van der Waals surface area contributed by atoms with Crippen LogP contribution in [0.15, 0.2) is 47.3 Å². The fraction of sp³-hybridized carbons (Fsp3) is 0.304. The summed E-state index contributed by atoms with van der Waals surface area (Å²) in [6, 6.07) is 13.7. The topological polar surface area (TPSA) is 60.5 Å². The minimum Gasteiger partial charge on any atom is -0.389 e. The van der Waals surface area contributed by atoms with E-state index in [-0.39, 0.29) is 10.4 Å². The summed E-state index contributed by atoms with van der Waals surface area (Å²) in [5.41, 5.74) is 10.1. The summed E-state index contributed by atoms with van der Waals surface area (Å²) in [7, 11) is 1.95. The number of rotatable bonds is 5. The number of aromatic nitrogens is 1. The van der Waals surface area contributed by atoms with Gasteiger partial charge in [0.05, 0.1) is 24.3 Å². The maximum absolute atomic E-state index is 13.4. The first-order valence-corrected chi connectivity index (χ1v) is 10.7. The van der Waals surface area contributed by atoms with Crippen molar-refractivity contribution < 1.29 is 4.74 Å². The van der Waals surface area contributed by atoms with E-state index in [1.165, 1.54) is 0 Å². The quantitative estimate of drug-likeness (QED) is 0.616. The first-order valence-electron chi connectivity index (χ1n) is 9.93. The van der Waals surface area contributed by atoms with Crippen molar-refractivity contribution in [2.45, 2.75) is 13.0 Å². The number of hydrogen-bond acceptors (Lipinski definition) is 4. The number of nitrogens with two attached hydrogens (primary N) is 1. The largest absolute Gasteiger partial charge is 0.389 e. The van der Waals surface area contributed by atoms with Gasteiger partial charge in [0.1, 0.15) is 4.99 Å². The van der Waals surface area contributed by atoms with Gasteiger partial charge < -0.3 is 15.0 Å². The smallest absolute Gasteiger partial charge is 0.199 e. The van der Waals surface area contributed by atoms with Crippen molar-refractivity contribution in [3.8, 4) is 0 Å². The summed E-state index contributed by atoms with van der Waals surface area (Å²) < 4.78 is 7.45. The number of ether oxygens (including phenoxy) is 1. The van der Waals surface area contributed by atoms with Gasteiger partial charge in [-0.1, -0.05) is 42.0 Å². The van der Waals surface area contributed by atoms with E-state index >= 15 is 0 Å². The number of fused-ring (bicyclic) bond motifs is 1. The lowest BCUT2D eigenvalue weighted by molar-refractivity contribution is 0.0342. The normalized spacial score (nSPS) is 14.9. The van der Waals surface area contributed by atoms with Crippen LogP contribution in [-0.2, 0) is 24.8 Å². The number of thiocarbonyl (C=S) groups is 1. The second-order valence-corrected chi connectivity index (χ2v) is 8.49. The Hall–Kier alpha value is -2.25. The van der Waals surface area contributed by atoms with E-state index in [4.69, 9.17) is 34.3 Å². The van der Waals surface area contributed by atoms with Gasteiger partial charge in [-0.05, 0) is 35.4 Å². The molecule has 1 fully saturated rings. The number of pyridine rings is 1. The van der Waals surface area contributed by atoms with Crippen molar-refractivity contribution in [3.63, 3.8) is 0 Å². The van der Waals surface area contributed by atoms with E-state index in [0.29, 0.717) is 22.4 Å². The Morgan fingerprint density at radius 1 is 1.13 bits per heavy atom. The molecule has 2 aromatic carbocycles. The van der Waals surface area contributed by atoms with Crippen molar-refractivity contribution in [1.82, 2.24) is 9.47 Å². The van der Waals surface area contributed by atoms with E-state index in [1.54, 1.807) is 0 Å². The molecule has 30 heavy (non-hydrogen) atoms. The van der Waals surface area contributed by atoms with E-state index in [0.717, 1.165) is 55.2 Å². The summed E-state index contributed by atoms with van der Waals surface area (Å²) >= 11 is 11.3. The van der Waals surface area contributed by atoms with Crippen LogP contribution in [0.5, 0.6) is 0 Å². The molecule has 0 spiro atoms. The van der Waals surface area contributed by atoms with Crippen LogP contribution in [-0.4, -0.2) is 40.8 Å². The molecular formula is C23H24ClN3O2S. The van der Waals surface area contributed by atoms with Gasteiger partial charge in [-0.3, -0.25) is 9.69 Å². The molecule has 2 N–H and O–H groups in total. The molecule has 1 saturated heterocycles. The summed E-state index contributed by atoms with van der Waals surface area (Å²) in [6.07, 6.45) is 0.543. The number of morpholine rings is 1. The van der Waals surface area contributed by atoms with Crippen LogP contribution >= 0.6 is 23.8 Å². The Bertz CT molecular complexity index is 1150. The van der Waals surface area contributed by atoms with Crippen LogP contribution < -0.4 is 11.2 Å². The molecule has 1 aliphatic rings. The molecule has 0 radical (unpaired) electrons. The van der Waals surface area contributed by atoms with Crippen molar-refractivity contribution >= 4 is 39.7 Å². The lowest BCUT2D eigenvalue weighted by atomic mass is 10.0. The zero-order chi connectivity index (χ0) is 21.3. The Labute approximate surface area is 186 Å². The van der Waals surface area contributed by atoms with Crippen molar-refractivity contribution in [2.75, 3.05) is 26.3 Å². The molecule has 4 rings (SSSR count). The SMILES string of the molecule is Cn1c(Cc2ccc(Cl)cc2)c(C(N)=S)c(=O)c2cc(CN3CCOCC3)ccc21. The van der Waals surface area contributed by atoms with Gasteiger partial charge in [0.15, 0.2) is 5.43 Å². The molecule has 1 aromatic heterocycles. The molecule has 156 valence electrons. The molecule has 0 atom stereocenters. The second-order valence-electron chi connectivity index (χ2n) is 7.62. The van der Waals surface area contributed by atoms with Crippen molar-refractivity contribution in [3.05, 3.63) is 80.1 Å². The molecule has 0 saturated carbocycles. The highest BCUT2D eigenvalue weighted by Gasteiger charge is 2.19. The minimum atomic E-state index is -0.108. The molecule has 0 bridgehead atoms. The predicted octanol–water partition coefficient (Wildman–Crippen LogP) is 3.25. The van der Waals surface area contributed by atoms with Crippen LogP contribution in [0.3, 0.4) is 0 Å². The summed E-state index contributed by atoms with van der Waals surface area (Å²) in [6.45, 7) is 4.07. The molecule has 7 heteroatoms. The average Bonchev–Trinajstić information content (AvgIpc) is 2.74. The number of nitrogens with zero attached hydrogens (tertiary/aromatic N) is 2. The number of aryl methyl sites for hydroxylation is 1. The molecule has 0 aliphatic carbocycles. The number of hydrogen-bond donors (Lipinski definition) is 1. The van der Waals surface area contributed by atoms with Crippen molar-refractivity contribution in [1.29, 1.82) is 0 Å².